The van der Waals surface area contributed by atoms with Crippen LogP contribution < -0.4 is 15.5 Å². The zero-order valence-corrected chi connectivity index (χ0v) is 20.5. The van der Waals surface area contributed by atoms with Crippen LogP contribution in [0.1, 0.15) is 32.7 Å². The first-order valence-electron chi connectivity index (χ1n) is 11.4. The van der Waals surface area contributed by atoms with E-state index in [1.165, 1.54) is 19.2 Å². The number of alkyl halides is 3. The van der Waals surface area contributed by atoms with E-state index >= 15 is 0 Å². The Balaban J connectivity index is 1.43. The van der Waals surface area contributed by atoms with Crippen LogP contribution in [0.5, 0.6) is 0 Å². The number of aryl methyl sites for hydroxylation is 1. The van der Waals surface area contributed by atoms with Gasteiger partial charge in [-0.2, -0.15) is 13.2 Å². The van der Waals surface area contributed by atoms with Gasteiger partial charge in [-0.1, -0.05) is 12.1 Å². The molecule has 0 bridgehead atoms. The number of aliphatic imine (C=N–C) groups is 1. The number of hydrogen-bond acceptors (Lipinski definition) is 5. The van der Waals surface area contributed by atoms with Gasteiger partial charge in [0.1, 0.15) is 11.5 Å². The second kappa shape index (κ2) is 10.4. The van der Waals surface area contributed by atoms with Gasteiger partial charge in [0.15, 0.2) is 0 Å². The quantitative estimate of drug-likeness (QED) is 0.398. The molecule has 4 rings (SSSR count). The Hall–Kier alpha value is -4.28. The Kier molecular flexibility index (Phi) is 7.23. The van der Waals surface area contributed by atoms with Gasteiger partial charge in [0.2, 0.25) is 0 Å². The Labute approximate surface area is 211 Å². The number of halogens is 3. The molecule has 3 aromatic rings. The SMILES string of the molecule is COC(=O)c1cc2c([nH]1)N(C)CC(=NCc1cc(NC(=O)Nc3cccc(C(F)(F)F)c3)ccc1C)C2. The van der Waals surface area contributed by atoms with Crippen LogP contribution in [0.25, 0.3) is 0 Å². The van der Waals surface area contributed by atoms with E-state index in [4.69, 9.17) is 9.73 Å². The number of ether oxygens (including phenoxy) is 1. The number of nitrogens with one attached hydrogen (secondary N) is 3. The number of amides is 2. The standard InChI is InChI=1S/C26H26F3N5O3/c1-15-7-8-20(32-25(36)31-19-6-4-5-18(12-19)26(27,28)29)10-17(15)13-30-21-9-16-11-22(24(35)37-3)33-23(16)34(2)14-21/h4-8,10-12,33H,9,13-14H2,1-3H3,(H2,31,32,36). The van der Waals surface area contributed by atoms with Crippen molar-refractivity contribution in [1.82, 2.24) is 4.98 Å². The van der Waals surface area contributed by atoms with Crippen molar-refractivity contribution in [3.63, 3.8) is 0 Å². The lowest BCUT2D eigenvalue weighted by atomic mass is 10.0. The molecular formula is C26H26F3N5O3. The molecule has 11 heteroatoms. The molecule has 3 N–H and O–H groups in total. The number of carbonyl (C=O) groups is 2. The van der Waals surface area contributed by atoms with E-state index < -0.39 is 23.7 Å². The van der Waals surface area contributed by atoms with Crippen LogP contribution in [-0.4, -0.2) is 43.4 Å². The molecular weight excluding hydrogens is 487 g/mol. The minimum absolute atomic E-state index is 0.0342. The van der Waals surface area contributed by atoms with E-state index in [-0.39, 0.29) is 5.69 Å². The summed E-state index contributed by atoms with van der Waals surface area (Å²) in [6.07, 6.45) is -3.91. The Morgan fingerprint density at radius 2 is 1.84 bits per heavy atom. The maximum Gasteiger partial charge on any atom is 0.416 e. The smallest absolute Gasteiger partial charge is 0.416 e. The summed E-state index contributed by atoms with van der Waals surface area (Å²) in [6.45, 7) is 2.90. The summed E-state index contributed by atoms with van der Waals surface area (Å²) in [6, 6.07) is 10.9. The zero-order chi connectivity index (χ0) is 26.7. The fourth-order valence-corrected chi connectivity index (χ4v) is 4.10. The van der Waals surface area contributed by atoms with Crippen molar-refractivity contribution < 1.29 is 27.5 Å². The summed E-state index contributed by atoms with van der Waals surface area (Å²) in [5.74, 6) is 0.423. The summed E-state index contributed by atoms with van der Waals surface area (Å²) >= 11 is 0. The topological polar surface area (TPSA) is 98.8 Å². The maximum atomic E-state index is 12.9. The summed E-state index contributed by atoms with van der Waals surface area (Å²) < 4.78 is 43.6. The number of rotatable bonds is 5. The van der Waals surface area contributed by atoms with Crippen molar-refractivity contribution in [2.45, 2.75) is 26.1 Å². The van der Waals surface area contributed by atoms with Crippen LogP contribution in [0.2, 0.25) is 0 Å². The number of urea groups is 1. The summed E-state index contributed by atoms with van der Waals surface area (Å²) in [4.78, 5) is 34.1. The Bertz CT molecular complexity index is 1360. The number of H-pyrrole nitrogens is 1. The number of carbonyl (C=O) groups excluding carboxylic acids is 2. The fraction of sp³-hybridized carbons (Fsp3) is 0.269. The normalized spacial score (nSPS) is 14.3. The largest absolute Gasteiger partial charge is 0.464 e. The number of anilines is 3. The van der Waals surface area contributed by atoms with E-state index in [1.54, 1.807) is 18.2 Å². The predicted octanol–water partition coefficient (Wildman–Crippen LogP) is 5.41. The second-order valence-electron chi connectivity index (χ2n) is 8.76. The number of benzene rings is 2. The van der Waals surface area contributed by atoms with E-state index in [1.807, 2.05) is 24.9 Å². The first kappa shape index (κ1) is 25.8. The van der Waals surface area contributed by atoms with Gasteiger partial charge in [-0.15, -0.1) is 0 Å². The van der Waals surface area contributed by atoms with Crippen LogP contribution >= 0.6 is 0 Å². The number of hydrogen-bond donors (Lipinski definition) is 3. The van der Waals surface area contributed by atoms with E-state index in [0.717, 1.165) is 40.4 Å². The fourth-order valence-electron chi connectivity index (χ4n) is 4.10. The van der Waals surface area contributed by atoms with Crippen molar-refractivity contribution in [3.8, 4) is 0 Å². The van der Waals surface area contributed by atoms with E-state index in [9.17, 15) is 22.8 Å². The molecule has 0 saturated heterocycles. The highest BCUT2D eigenvalue weighted by Crippen LogP contribution is 2.31. The summed E-state index contributed by atoms with van der Waals surface area (Å²) in [7, 11) is 3.24. The van der Waals surface area contributed by atoms with Gasteiger partial charge < -0.3 is 25.3 Å². The highest BCUT2D eigenvalue weighted by atomic mass is 19.4. The molecule has 1 aliphatic rings. The molecule has 2 aromatic carbocycles. The average Bonchev–Trinajstić information content (AvgIpc) is 3.28. The molecule has 194 valence electrons. The molecule has 2 amide bonds. The van der Waals surface area contributed by atoms with Gasteiger partial charge in [-0.05, 0) is 54.4 Å². The molecule has 37 heavy (non-hydrogen) atoms. The third-order valence-corrected chi connectivity index (χ3v) is 6.00. The lowest BCUT2D eigenvalue weighted by Crippen LogP contribution is -2.32. The highest BCUT2D eigenvalue weighted by molar-refractivity contribution is 6.00. The van der Waals surface area contributed by atoms with Crippen LogP contribution in [0.15, 0.2) is 53.5 Å². The Morgan fingerprint density at radius 3 is 2.54 bits per heavy atom. The molecule has 0 unspecified atom stereocenters. The average molecular weight is 514 g/mol. The van der Waals surface area contributed by atoms with Crippen LogP contribution in [-0.2, 0) is 23.9 Å². The maximum absolute atomic E-state index is 12.9. The monoisotopic (exact) mass is 513 g/mol. The number of nitrogens with zero attached hydrogens (tertiary/aromatic N) is 2. The van der Waals surface area contributed by atoms with Gasteiger partial charge in [0.05, 0.1) is 25.8 Å². The third-order valence-electron chi connectivity index (χ3n) is 6.00. The second-order valence-corrected chi connectivity index (χ2v) is 8.76. The molecule has 0 aliphatic carbocycles. The van der Waals surface area contributed by atoms with Crippen molar-refractivity contribution in [1.29, 1.82) is 0 Å². The van der Waals surface area contributed by atoms with Gasteiger partial charge in [0.25, 0.3) is 0 Å². The first-order valence-corrected chi connectivity index (χ1v) is 11.4. The van der Waals surface area contributed by atoms with Gasteiger partial charge in [-0.25, -0.2) is 9.59 Å². The van der Waals surface area contributed by atoms with E-state index in [2.05, 4.69) is 15.6 Å². The minimum Gasteiger partial charge on any atom is -0.464 e. The van der Waals surface area contributed by atoms with Crippen molar-refractivity contribution in [2.24, 2.45) is 4.99 Å². The predicted molar refractivity (Wildman–Crippen MR) is 136 cm³/mol. The molecule has 0 atom stereocenters. The molecule has 0 saturated carbocycles. The molecule has 2 heterocycles. The van der Waals surface area contributed by atoms with Gasteiger partial charge in [0, 0.05) is 36.1 Å². The lowest BCUT2D eigenvalue weighted by molar-refractivity contribution is -0.137. The summed E-state index contributed by atoms with van der Waals surface area (Å²) in [5, 5.41) is 5.09. The molecule has 1 aromatic heterocycles. The molecule has 0 fully saturated rings. The van der Waals surface area contributed by atoms with Crippen molar-refractivity contribution >= 4 is 34.9 Å². The first-order chi connectivity index (χ1) is 17.5. The molecule has 8 nitrogen and oxygen atoms in total. The molecule has 0 spiro atoms. The third kappa shape index (κ3) is 6.11. The van der Waals surface area contributed by atoms with Crippen LogP contribution in [0.3, 0.4) is 0 Å². The van der Waals surface area contributed by atoms with Crippen molar-refractivity contribution in [3.05, 3.63) is 76.5 Å². The molecule has 0 radical (unpaired) electrons. The lowest BCUT2D eigenvalue weighted by Gasteiger charge is -2.25. The van der Waals surface area contributed by atoms with Crippen LogP contribution in [0.4, 0.5) is 35.2 Å². The molecule has 1 aliphatic heterocycles. The summed E-state index contributed by atoms with van der Waals surface area (Å²) in [5.41, 5.74) is 3.82. The number of aromatic amines is 1. The van der Waals surface area contributed by atoms with Gasteiger partial charge in [-0.3, -0.25) is 4.99 Å². The van der Waals surface area contributed by atoms with E-state index in [0.29, 0.717) is 30.9 Å². The zero-order valence-electron chi connectivity index (χ0n) is 20.5. The Morgan fingerprint density at radius 1 is 1.11 bits per heavy atom. The minimum atomic E-state index is -4.50. The number of esters is 1. The van der Waals surface area contributed by atoms with Gasteiger partial charge >= 0.3 is 18.2 Å². The number of methoxy groups -OCH3 is 1. The van der Waals surface area contributed by atoms with Crippen molar-refractivity contribution in [2.75, 3.05) is 36.2 Å². The highest BCUT2D eigenvalue weighted by Gasteiger charge is 2.30. The number of aromatic nitrogens is 1. The number of fused-ring (bicyclic) bond motifs is 1. The van der Waals surface area contributed by atoms with Crippen LogP contribution in [0, 0.1) is 6.92 Å².